The van der Waals surface area contributed by atoms with Gasteiger partial charge in [-0.05, 0) is 37.2 Å². The molecule has 0 aliphatic heterocycles. The zero-order valence-corrected chi connectivity index (χ0v) is 9.24. The monoisotopic (exact) mass is 192 g/mol. The molecule has 0 atom stereocenters. The molecule has 1 aromatic rings. The van der Waals surface area contributed by atoms with Crippen molar-refractivity contribution in [3.63, 3.8) is 0 Å². The number of hydrogen-bond donors (Lipinski definition) is 0. The van der Waals surface area contributed by atoms with Crippen LogP contribution in [0.2, 0.25) is 0 Å². The van der Waals surface area contributed by atoms with Crippen molar-refractivity contribution in [2.24, 2.45) is 11.8 Å². The predicted molar refractivity (Wildman–Crippen MR) is 58.1 cm³/mol. The van der Waals surface area contributed by atoms with E-state index in [2.05, 4.69) is 29.7 Å². The molecule has 0 aromatic carbocycles. The van der Waals surface area contributed by atoms with Crippen molar-refractivity contribution in [3.05, 3.63) is 18.0 Å². The van der Waals surface area contributed by atoms with E-state index in [1.165, 1.54) is 25.0 Å². The summed E-state index contributed by atoms with van der Waals surface area (Å²) in [6.45, 7) is 5.68. The highest BCUT2D eigenvalue weighted by atomic mass is 15.3. The van der Waals surface area contributed by atoms with Crippen LogP contribution in [-0.2, 0) is 13.0 Å². The standard InChI is InChI=1S/C12H20N2/c1-10(2)8-12-6-7-13-14(12)9-11-4-3-5-11/h6-7,10-11H,3-5,8-9H2,1-2H3. The first-order valence-electron chi connectivity index (χ1n) is 5.76. The second-order valence-electron chi connectivity index (χ2n) is 4.90. The van der Waals surface area contributed by atoms with Gasteiger partial charge in [0.15, 0.2) is 0 Å². The lowest BCUT2D eigenvalue weighted by molar-refractivity contribution is 0.262. The minimum absolute atomic E-state index is 0.729. The summed E-state index contributed by atoms with van der Waals surface area (Å²) in [4.78, 5) is 0. The highest BCUT2D eigenvalue weighted by Crippen LogP contribution is 2.28. The van der Waals surface area contributed by atoms with Gasteiger partial charge in [-0.15, -0.1) is 0 Å². The van der Waals surface area contributed by atoms with E-state index in [0.29, 0.717) is 0 Å². The van der Waals surface area contributed by atoms with E-state index in [1.807, 2.05) is 6.20 Å². The quantitative estimate of drug-likeness (QED) is 0.717. The molecule has 0 N–H and O–H groups in total. The molecule has 0 bridgehead atoms. The Balaban J connectivity index is 1.97. The van der Waals surface area contributed by atoms with Crippen molar-refractivity contribution in [1.29, 1.82) is 0 Å². The summed E-state index contributed by atoms with van der Waals surface area (Å²) in [5.41, 5.74) is 1.41. The van der Waals surface area contributed by atoms with Crippen molar-refractivity contribution in [1.82, 2.24) is 9.78 Å². The van der Waals surface area contributed by atoms with Gasteiger partial charge < -0.3 is 0 Å². The highest BCUT2D eigenvalue weighted by molar-refractivity contribution is 5.01. The average molecular weight is 192 g/mol. The van der Waals surface area contributed by atoms with Gasteiger partial charge in [0.1, 0.15) is 0 Å². The zero-order chi connectivity index (χ0) is 9.97. The van der Waals surface area contributed by atoms with Crippen LogP contribution in [0.15, 0.2) is 12.3 Å². The van der Waals surface area contributed by atoms with Gasteiger partial charge >= 0.3 is 0 Å². The van der Waals surface area contributed by atoms with Gasteiger partial charge in [-0.2, -0.15) is 5.10 Å². The molecule has 2 rings (SSSR count). The average Bonchev–Trinajstić information content (AvgIpc) is 2.44. The third-order valence-electron chi connectivity index (χ3n) is 3.08. The maximum atomic E-state index is 4.41. The Bertz CT molecular complexity index is 284. The van der Waals surface area contributed by atoms with Crippen LogP contribution >= 0.6 is 0 Å². The fraction of sp³-hybridized carbons (Fsp3) is 0.750. The first-order valence-corrected chi connectivity index (χ1v) is 5.76. The van der Waals surface area contributed by atoms with Crippen molar-refractivity contribution < 1.29 is 0 Å². The maximum Gasteiger partial charge on any atom is 0.0492 e. The lowest BCUT2D eigenvalue weighted by Gasteiger charge is -2.26. The molecule has 0 radical (unpaired) electrons. The van der Waals surface area contributed by atoms with Gasteiger partial charge in [-0.25, -0.2) is 0 Å². The van der Waals surface area contributed by atoms with Crippen LogP contribution in [0, 0.1) is 11.8 Å². The lowest BCUT2D eigenvalue weighted by Crippen LogP contribution is -2.20. The topological polar surface area (TPSA) is 17.8 Å². The smallest absolute Gasteiger partial charge is 0.0492 e. The first-order chi connectivity index (χ1) is 6.75. The molecular formula is C12H20N2. The van der Waals surface area contributed by atoms with E-state index < -0.39 is 0 Å². The van der Waals surface area contributed by atoms with Gasteiger partial charge in [-0.3, -0.25) is 4.68 Å². The van der Waals surface area contributed by atoms with Gasteiger partial charge in [0.05, 0.1) is 0 Å². The van der Waals surface area contributed by atoms with Crippen molar-refractivity contribution >= 4 is 0 Å². The third-order valence-corrected chi connectivity index (χ3v) is 3.08. The van der Waals surface area contributed by atoms with Crippen LogP contribution in [0.1, 0.15) is 38.8 Å². The molecule has 1 fully saturated rings. The Kier molecular flexibility index (Phi) is 2.90. The Morgan fingerprint density at radius 1 is 1.50 bits per heavy atom. The number of nitrogens with zero attached hydrogens (tertiary/aromatic N) is 2. The molecule has 1 heterocycles. The van der Waals surface area contributed by atoms with Crippen LogP contribution in [0.4, 0.5) is 0 Å². The number of hydrogen-bond acceptors (Lipinski definition) is 1. The molecule has 2 nitrogen and oxygen atoms in total. The molecular weight excluding hydrogens is 172 g/mol. The molecule has 0 saturated heterocycles. The summed E-state index contributed by atoms with van der Waals surface area (Å²) in [5.74, 6) is 1.63. The normalized spacial score (nSPS) is 17.4. The SMILES string of the molecule is CC(C)Cc1ccnn1CC1CCC1. The minimum Gasteiger partial charge on any atom is -0.269 e. The Hall–Kier alpha value is -0.790. The Morgan fingerprint density at radius 2 is 2.29 bits per heavy atom. The molecule has 0 unspecified atom stereocenters. The Labute approximate surface area is 86.3 Å². The van der Waals surface area contributed by atoms with E-state index in [-0.39, 0.29) is 0 Å². The predicted octanol–water partition coefficient (Wildman–Crippen LogP) is 2.88. The fourth-order valence-corrected chi connectivity index (χ4v) is 2.04. The summed E-state index contributed by atoms with van der Waals surface area (Å²) < 4.78 is 2.21. The summed E-state index contributed by atoms with van der Waals surface area (Å²) in [6, 6.07) is 2.17. The first kappa shape index (κ1) is 9.75. The lowest BCUT2D eigenvalue weighted by atomic mass is 9.85. The molecule has 1 saturated carbocycles. The molecule has 0 amide bonds. The Morgan fingerprint density at radius 3 is 2.86 bits per heavy atom. The zero-order valence-electron chi connectivity index (χ0n) is 9.24. The molecule has 1 aromatic heterocycles. The van der Waals surface area contributed by atoms with Crippen LogP contribution in [0.5, 0.6) is 0 Å². The summed E-state index contributed by atoms with van der Waals surface area (Å²) >= 11 is 0. The van der Waals surface area contributed by atoms with Crippen molar-refractivity contribution in [3.8, 4) is 0 Å². The van der Waals surface area contributed by atoms with Crippen LogP contribution in [-0.4, -0.2) is 9.78 Å². The summed E-state index contributed by atoms with van der Waals surface area (Å²) in [6.07, 6.45) is 7.33. The second kappa shape index (κ2) is 4.16. The number of aromatic nitrogens is 2. The number of rotatable bonds is 4. The summed E-state index contributed by atoms with van der Waals surface area (Å²) in [7, 11) is 0. The van der Waals surface area contributed by atoms with E-state index in [0.717, 1.165) is 24.8 Å². The summed E-state index contributed by atoms with van der Waals surface area (Å²) in [5, 5.41) is 4.41. The molecule has 78 valence electrons. The maximum absolute atomic E-state index is 4.41. The van der Waals surface area contributed by atoms with Crippen LogP contribution < -0.4 is 0 Å². The van der Waals surface area contributed by atoms with E-state index in [4.69, 9.17) is 0 Å². The van der Waals surface area contributed by atoms with Crippen molar-refractivity contribution in [2.45, 2.75) is 46.1 Å². The van der Waals surface area contributed by atoms with Crippen molar-refractivity contribution in [2.75, 3.05) is 0 Å². The van der Waals surface area contributed by atoms with Crippen LogP contribution in [0.25, 0.3) is 0 Å². The van der Waals surface area contributed by atoms with Gasteiger partial charge in [-0.1, -0.05) is 20.3 Å². The molecule has 1 aliphatic rings. The fourth-order valence-electron chi connectivity index (χ4n) is 2.04. The van der Waals surface area contributed by atoms with Crippen LogP contribution in [0.3, 0.4) is 0 Å². The molecule has 0 spiro atoms. The van der Waals surface area contributed by atoms with Gasteiger partial charge in [0.25, 0.3) is 0 Å². The highest BCUT2D eigenvalue weighted by Gasteiger charge is 2.19. The molecule has 14 heavy (non-hydrogen) atoms. The van der Waals surface area contributed by atoms with E-state index >= 15 is 0 Å². The second-order valence-corrected chi connectivity index (χ2v) is 4.90. The van der Waals surface area contributed by atoms with Gasteiger partial charge in [0.2, 0.25) is 0 Å². The van der Waals surface area contributed by atoms with Gasteiger partial charge in [0, 0.05) is 18.4 Å². The molecule has 2 heteroatoms. The van der Waals surface area contributed by atoms with E-state index in [9.17, 15) is 0 Å². The molecule has 1 aliphatic carbocycles. The minimum atomic E-state index is 0.729. The van der Waals surface area contributed by atoms with E-state index in [1.54, 1.807) is 0 Å². The largest absolute Gasteiger partial charge is 0.269 e. The third kappa shape index (κ3) is 2.17.